The topological polar surface area (TPSA) is 44.8 Å². The number of esters is 1. The molecule has 0 amide bonds. The highest BCUT2D eigenvalue weighted by molar-refractivity contribution is 5.87. The van der Waals surface area contributed by atoms with Crippen LogP contribution >= 0.6 is 0 Å². The van der Waals surface area contributed by atoms with Gasteiger partial charge in [-0.25, -0.2) is 4.79 Å². The molecule has 0 unspecified atom stereocenters. The second-order valence-corrected chi connectivity index (χ2v) is 4.70. The van der Waals surface area contributed by atoms with E-state index >= 15 is 0 Å². The van der Waals surface area contributed by atoms with Gasteiger partial charge in [0.1, 0.15) is 11.9 Å². The number of ether oxygens (including phenoxy) is 3. The molecule has 3 rings (SSSR count). The van der Waals surface area contributed by atoms with Gasteiger partial charge in [0.05, 0.1) is 6.61 Å². The van der Waals surface area contributed by atoms with E-state index < -0.39 is 5.97 Å². The summed E-state index contributed by atoms with van der Waals surface area (Å²) in [5.74, 6) is 0.246. The highest BCUT2D eigenvalue weighted by Crippen LogP contribution is 2.42. The average molecular weight is 260 g/mol. The van der Waals surface area contributed by atoms with E-state index in [1.807, 2.05) is 18.2 Å². The van der Waals surface area contributed by atoms with Gasteiger partial charge < -0.3 is 14.2 Å². The van der Waals surface area contributed by atoms with Crippen molar-refractivity contribution in [2.24, 2.45) is 0 Å². The maximum absolute atomic E-state index is 11.8. The molecule has 2 atom stereocenters. The lowest BCUT2D eigenvalue weighted by Gasteiger charge is -2.29. The summed E-state index contributed by atoms with van der Waals surface area (Å²) in [5, 5.41) is 0. The van der Waals surface area contributed by atoms with E-state index in [-0.39, 0.29) is 18.0 Å². The van der Waals surface area contributed by atoms with Crippen molar-refractivity contribution < 1.29 is 19.0 Å². The molecule has 4 nitrogen and oxygen atoms in total. The molecule has 0 bridgehead atoms. The van der Waals surface area contributed by atoms with E-state index in [0.29, 0.717) is 12.4 Å². The molecule has 0 radical (unpaired) electrons. The first-order chi connectivity index (χ1) is 9.20. The first-order valence-electron chi connectivity index (χ1n) is 6.49. The van der Waals surface area contributed by atoms with Gasteiger partial charge in [0.25, 0.3) is 0 Å². The first-order valence-corrected chi connectivity index (χ1v) is 6.49. The zero-order chi connectivity index (χ0) is 13.4. The molecule has 2 aliphatic rings. The number of carbonyl (C=O) groups excluding carboxylic acids is 1. The minimum Gasteiger partial charge on any atom is -0.486 e. The van der Waals surface area contributed by atoms with Crippen molar-refractivity contribution in [3.8, 4) is 0 Å². The minimum absolute atomic E-state index is 0.0458. The number of benzene rings is 1. The molecule has 0 N–H and O–H groups in total. The van der Waals surface area contributed by atoms with E-state index in [4.69, 9.17) is 14.2 Å². The molecule has 0 saturated heterocycles. The summed E-state index contributed by atoms with van der Waals surface area (Å²) >= 11 is 0. The molecule has 0 aromatic heterocycles. The Morgan fingerprint density at radius 3 is 2.95 bits per heavy atom. The molecule has 1 aliphatic carbocycles. The number of carbonyl (C=O) groups is 1. The summed E-state index contributed by atoms with van der Waals surface area (Å²) < 4.78 is 16.7. The lowest BCUT2D eigenvalue weighted by molar-refractivity contribution is -0.149. The Labute approximate surface area is 112 Å². The van der Waals surface area contributed by atoms with Crippen LogP contribution in [0.1, 0.15) is 31.1 Å². The van der Waals surface area contributed by atoms with Crippen LogP contribution in [0.4, 0.5) is 0 Å². The second-order valence-electron chi connectivity index (χ2n) is 4.70. The van der Waals surface area contributed by atoms with Crippen molar-refractivity contribution in [2.45, 2.75) is 32.5 Å². The Kier molecular flexibility index (Phi) is 2.93. The smallest absolute Gasteiger partial charge is 0.377 e. The van der Waals surface area contributed by atoms with Gasteiger partial charge in [-0.1, -0.05) is 24.3 Å². The number of rotatable bonds is 2. The van der Waals surface area contributed by atoms with Crippen molar-refractivity contribution in [1.29, 1.82) is 0 Å². The van der Waals surface area contributed by atoms with Gasteiger partial charge in [-0.3, -0.25) is 0 Å². The fraction of sp³-hybridized carbons (Fsp3) is 0.400. The molecule has 0 saturated carbocycles. The van der Waals surface area contributed by atoms with Crippen molar-refractivity contribution in [2.75, 3.05) is 6.61 Å². The van der Waals surface area contributed by atoms with Crippen LogP contribution in [0.2, 0.25) is 0 Å². The van der Waals surface area contributed by atoms with Crippen LogP contribution in [-0.2, 0) is 25.4 Å². The van der Waals surface area contributed by atoms with Crippen LogP contribution < -0.4 is 0 Å². The third-order valence-corrected chi connectivity index (χ3v) is 3.47. The summed E-state index contributed by atoms with van der Waals surface area (Å²) in [4.78, 5) is 11.8. The Hall–Kier alpha value is -1.97. The second kappa shape index (κ2) is 4.61. The molecule has 0 spiro atoms. The van der Waals surface area contributed by atoms with Gasteiger partial charge in [0.2, 0.25) is 5.76 Å². The number of hydrogen-bond donors (Lipinski definition) is 0. The van der Waals surface area contributed by atoms with Crippen molar-refractivity contribution >= 4 is 5.97 Å². The maximum Gasteiger partial charge on any atom is 0.377 e. The first kappa shape index (κ1) is 12.1. The maximum atomic E-state index is 11.8. The van der Waals surface area contributed by atoms with E-state index in [0.717, 1.165) is 12.0 Å². The molecule has 100 valence electrons. The predicted molar refractivity (Wildman–Crippen MR) is 68.2 cm³/mol. The van der Waals surface area contributed by atoms with Crippen LogP contribution in [0, 0.1) is 0 Å². The van der Waals surface area contributed by atoms with Crippen molar-refractivity contribution in [1.82, 2.24) is 0 Å². The highest BCUT2D eigenvalue weighted by atomic mass is 16.6. The Morgan fingerprint density at radius 2 is 2.16 bits per heavy atom. The van der Waals surface area contributed by atoms with Crippen LogP contribution in [0.15, 0.2) is 35.8 Å². The standard InChI is InChI=1S/C15H16O4/c1-3-17-15(16)13-9(2)18-12-8-10-6-4-5-7-11(10)14(12)19-13/h4-7,12,14H,3,8H2,1-2H3/t12-,14+/m1/s1. The number of allylic oxidation sites excluding steroid dienone is 1. The number of fused-ring (bicyclic) bond motifs is 3. The van der Waals surface area contributed by atoms with Gasteiger partial charge in [-0.2, -0.15) is 0 Å². The fourth-order valence-corrected chi connectivity index (χ4v) is 2.64. The fourth-order valence-electron chi connectivity index (χ4n) is 2.64. The quantitative estimate of drug-likeness (QED) is 0.766. The Morgan fingerprint density at radius 1 is 1.37 bits per heavy atom. The van der Waals surface area contributed by atoms with Crippen LogP contribution in [0.3, 0.4) is 0 Å². The van der Waals surface area contributed by atoms with Gasteiger partial charge in [0.15, 0.2) is 6.10 Å². The molecule has 1 aromatic rings. The van der Waals surface area contributed by atoms with Gasteiger partial charge in [-0.05, 0) is 25.0 Å². The van der Waals surface area contributed by atoms with Gasteiger partial charge in [-0.15, -0.1) is 0 Å². The third kappa shape index (κ3) is 1.97. The predicted octanol–water partition coefficient (Wildman–Crippen LogP) is 2.49. The van der Waals surface area contributed by atoms with E-state index in [1.165, 1.54) is 5.56 Å². The normalized spacial score (nSPS) is 24.1. The summed E-state index contributed by atoms with van der Waals surface area (Å²) in [6.07, 6.45) is 0.559. The van der Waals surface area contributed by atoms with Crippen molar-refractivity contribution in [3.05, 3.63) is 46.9 Å². The van der Waals surface area contributed by atoms with E-state index in [2.05, 4.69) is 6.07 Å². The summed E-state index contributed by atoms with van der Waals surface area (Å²) in [6, 6.07) is 8.06. The zero-order valence-electron chi connectivity index (χ0n) is 11.0. The minimum atomic E-state index is -0.456. The summed E-state index contributed by atoms with van der Waals surface area (Å²) in [5.41, 5.74) is 2.32. The third-order valence-electron chi connectivity index (χ3n) is 3.47. The van der Waals surface area contributed by atoms with Gasteiger partial charge >= 0.3 is 5.97 Å². The highest BCUT2D eigenvalue weighted by Gasteiger charge is 2.41. The molecule has 4 heteroatoms. The average Bonchev–Trinajstić information content (AvgIpc) is 2.75. The largest absolute Gasteiger partial charge is 0.486 e. The SMILES string of the molecule is CCOC(=O)C1=C(C)O[C@@H]2Cc3ccccc3[C@@H]2O1. The molecule has 0 fully saturated rings. The monoisotopic (exact) mass is 260 g/mol. The van der Waals surface area contributed by atoms with Gasteiger partial charge in [0, 0.05) is 6.42 Å². The number of hydrogen-bond acceptors (Lipinski definition) is 4. The lowest BCUT2D eigenvalue weighted by Crippen LogP contribution is -2.29. The van der Waals surface area contributed by atoms with E-state index in [9.17, 15) is 4.79 Å². The summed E-state index contributed by atoms with van der Waals surface area (Å²) in [7, 11) is 0. The lowest BCUT2D eigenvalue weighted by atomic mass is 10.1. The molecule has 19 heavy (non-hydrogen) atoms. The Balaban J connectivity index is 1.89. The van der Waals surface area contributed by atoms with Crippen LogP contribution in [0.25, 0.3) is 0 Å². The zero-order valence-corrected chi connectivity index (χ0v) is 11.0. The van der Waals surface area contributed by atoms with Crippen LogP contribution in [-0.4, -0.2) is 18.7 Å². The molecular weight excluding hydrogens is 244 g/mol. The van der Waals surface area contributed by atoms with Crippen molar-refractivity contribution in [3.63, 3.8) is 0 Å². The molecular formula is C15H16O4. The van der Waals surface area contributed by atoms with Crippen LogP contribution in [0.5, 0.6) is 0 Å². The Bertz CT molecular complexity index is 547. The molecule has 1 heterocycles. The molecule has 1 aromatic carbocycles. The van der Waals surface area contributed by atoms with E-state index in [1.54, 1.807) is 13.8 Å². The molecule has 1 aliphatic heterocycles. The summed E-state index contributed by atoms with van der Waals surface area (Å²) in [6.45, 7) is 3.83.